The first-order valence-corrected chi connectivity index (χ1v) is 12.6. The van der Waals surface area contributed by atoms with E-state index in [1.807, 2.05) is 0 Å². The van der Waals surface area contributed by atoms with E-state index in [1.54, 1.807) is 18.5 Å². The van der Waals surface area contributed by atoms with E-state index in [-0.39, 0.29) is 0 Å². The van der Waals surface area contributed by atoms with E-state index < -0.39 is 16.5 Å². The van der Waals surface area contributed by atoms with Gasteiger partial charge in [-0.05, 0) is 42.8 Å². The molecule has 0 amide bonds. The van der Waals surface area contributed by atoms with Crippen LogP contribution in [-0.4, -0.2) is 27.2 Å². The fraction of sp³-hybridized carbons (Fsp3) is 1.00. The monoisotopic (exact) mass is 257 g/mol. The summed E-state index contributed by atoms with van der Waals surface area (Å²) in [6.07, 6.45) is 1.55. The SMILES string of the molecule is CCN1[Si](CC)(CC)CCC[Si]1(CC)CC. The average Bonchev–Trinajstić information content (AvgIpc) is 2.37. The summed E-state index contributed by atoms with van der Waals surface area (Å²) in [6.45, 7) is 13.6. The van der Waals surface area contributed by atoms with Crippen LogP contribution in [0.3, 0.4) is 0 Å². The molecule has 0 N–H and O–H groups in total. The molecule has 0 aliphatic carbocycles. The van der Waals surface area contributed by atoms with Gasteiger partial charge in [-0.1, -0.05) is 41.0 Å². The molecule has 0 radical (unpaired) electrons. The second kappa shape index (κ2) is 5.83. The normalized spacial score (nSPS) is 24.6. The molecule has 1 nitrogen and oxygen atoms in total. The van der Waals surface area contributed by atoms with Crippen molar-refractivity contribution < 1.29 is 0 Å². The van der Waals surface area contributed by atoms with E-state index in [1.165, 1.54) is 30.7 Å². The van der Waals surface area contributed by atoms with Gasteiger partial charge in [0.2, 0.25) is 0 Å². The molecule has 0 aromatic rings. The Morgan fingerprint density at radius 3 is 1.38 bits per heavy atom. The number of hydrogen-bond donors (Lipinski definition) is 0. The van der Waals surface area contributed by atoms with Crippen LogP contribution in [0.2, 0.25) is 36.3 Å². The minimum absolute atomic E-state index is 1.04. The summed E-state index contributed by atoms with van der Waals surface area (Å²) in [6, 6.07) is 9.14. The quantitative estimate of drug-likeness (QED) is 0.646. The van der Waals surface area contributed by atoms with Gasteiger partial charge >= 0.3 is 0 Å². The molecule has 0 unspecified atom stereocenters. The summed E-state index contributed by atoms with van der Waals surface area (Å²) in [7, 11) is -2.08. The molecule has 16 heavy (non-hydrogen) atoms. The number of nitrogens with zero attached hydrogens (tertiary/aromatic N) is 1. The summed E-state index contributed by atoms with van der Waals surface area (Å²) in [4.78, 5) is 0. The molecule has 1 aliphatic rings. The van der Waals surface area contributed by atoms with E-state index in [2.05, 4.69) is 38.8 Å². The highest BCUT2D eigenvalue weighted by molar-refractivity contribution is 6.93. The molecule has 3 heteroatoms. The van der Waals surface area contributed by atoms with Crippen molar-refractivity contribution in [3.05, 3.63) is 0 Å². The van der Waals surface area contributed by atoms with Crippen molar-refractivity contribution in [2.24, 2.45) is 0 Å². The third-order valence-corrected chi connectivity index (χ3v) is 19.0. The van der Waals surface area contributed by atoms with Crippen LogP contribution in [0.25, 0.3) is 0 Å². The molecule has 1 aliphatic heterocycles. The molecule has 1 rings (SSSR count). The maximum absolute atomic E-state index is 3.14. The third-order valence-electron chi connectivity index (χ3n) is 5.38. The molecule has 96 valence electrons. The van der Waals surface area contributed by atoms with Crippen molar-refractivity contribution in [1.29, 1.82) is 0 Å². The van der Waals surface area contributed by atoms with Crippen molar-refractivity contribution >= 4 is 16.5 Å². The van der Waals surface area contributed by atoms with Gasteiger partial charge in [0.05, 0.1) is 0 Å². The summed E-state index contributed by atoms with van der Waals surface area (Å²) in [5, 5.41) is 0. The maximum atomic E-state index is 3.14. The van der Waals surface area contributed by atoms with E-state index in [0.29, 0.717) is 0 Å². The maximum Gasteiger partial charge on any atom is 0.121 e. The molecular weight excluding hydrogens is 226 g/mol. The van der Waals surface area contributed by atoms with Crippen LogP contribution in [-0.2, 0) is 0 Å². The van der Waals surface area contributed by atoms with E-state index in [4.69, 9.17) is 0 Å². The highest BCUT2D eigenvalue weighted by Gasteiger charge is 2.49. The Morgan fingerprint density at radius 2 is 1.12 bits per heavy atom. The van der Waals surface area contributed by atoms with Crippen LogP contribution in [0.5, 0.6) is 0 Å². The Hall–Kier alpha value is 0.394. The second-order valence-electron chi connectivity index (χ2n) is 5.46. The van der Waals surface area contributed by atoms with Crippen molar-refractivity contribution in [1.82, 2.24) is 4.23 Å². The van der Waals surface area contributed by atoms with Crippen LogP contribution in [0.1, 0.15) is 41.0 Å². The predicted octanol–water partition coefficient (Wildman–Crippen LogP) is 4.68. The predicted molar refractivity (Wildman–Crippen MR) is 80.0 cm³/mol. The van der Waals surface area contributed by atoms with Gasteiger partial charge in [0.15, 0.2) is 0 Å². The summed E-state index contributed by atoms with van der Waals surface area (Å²) in [5.41, 5.74) is 0. The standard InChI is InChI=1S/C13H31NSi2/c1-6-14-15(7-2,8-3)12-11-13-16(14,9-4)10-5/h6-13H2,1-5H3. The van der Waals surface area contributed by atoms with Crippen LogP contribution in [0.15, 0.2) is 0 Å². The molecule has 0 saturated carbocycles. The minimum Gasteiger partial charge on any atom is -0.345 e. The topological polar surface area (TPSA) is 3.24 Å². The van der Waals surface area contributed by atoms with Crippen LogP contribution < -0.4 is 0 Å². The molecule has 1 heterocycles. The van der Waals surface area contributed by atoms with Crippen LogP contribution in [0.4, 0.5) is 0 Å². The lowest BCUT2D eigenvalue weighted by Gasteiger charge is -2.56. The highest BCUT2D eigenvalue weighted by Crippen LogP contribution is 2.42. The Balaban J connectivity index is 3.04. The zero-order chi connectivity index (χ0) is 12.2. The van der Waals surface area contributed by atoms with Crippen molar-refractivity contribution in [2.45, 2.75) is 77.3 Å². The van der Waals surface area contributed by atoms with Gasteiger partial charge in [-0.2, -0.15) is 0 Å². The molecule has 0 spiro atoms. The third kappa shape index (κ3) is 2.18. The number of hydrogen-bond acceptors (Lipinski definition) is 1. The Labute approximate surface area is 105 Å². The molecule has 0 atom stereocenters. The van der Waals surface area contributed by atoms with E-state index in [9.17, 15) is 0 Å². The zero-order valence-corrected chi connectivity index (χ0v) is 14.1. The summed E-state index contributed by atoms with van der Waals surface area (Å²) >= 11 is 0. The fourth-order valence-electron chi connectivity index (χ4n) is 4.16. The van der Waals surface area contributed by atoms with Gasteiger partial charge in [-0.15, -0.1) is 0 Å². The van der Waals surface area contributed by atoms with Gasteiger partial charge in [0, 0.05) is 0 Å². The first-order valence-electron chi connectivity index (χ1n) is 7.42. The lowest BCUT2D eigenvalue weighted by molar-refractivity contribution is 0.574. The van der Waals surface area contributed by atoms with Gasteiger partial charge in [0.1, 0.15) is 16.5 Å². The van der Waals surface area contributed by atoms with Crippen molar-refractivity contribution in [3.8, 4) is 0 Å². The van der Waals surface area contributed by atoms with Crippen LogP contribution in [0, 0.1) is 0 Å². The first-order chi connectivity index (χ1) is 7.64. The highest BCUT2D eigenvalue weighted by atomic mass is 28.4. The van der Waals surface area contributed by atoms with Crippen molar-refractivity contribution in [3.63, 3.8) is 0 Å². The largest absolute Gasteiger partial charge is 0.345 e. The average molecular weight is 258 g/mol. The summed E-state index contributed by atoms with van der Waals surface area (Å²) in [5.74, 6) is 0. The molecule has 1 saturated heterocycles. The molecule has 1 fully saturated rings. The van der Waals surface area contributed by atoms with Gasteiger partial charge in [0.25, 0.3) is 0 Å². The van der Waals surface area contributed by atoms with Crippen molar-refractivity contribution in [2.75, 3.05) is 6.54 Å². The van der Waals surface area contributed by atoms with Gasteiger partial charge in [-0.25, -0.2) is 0 Å². The van der Waals surface area contributed by atoms with Gasteiger partial charge in [-0.3, -0.25) is 0 Å². The Bertz CT molecular complexity index is 190. The molecule has 0 aromatic heterocycles. The lowest BCUT2D eigenvalue weighted by atomic mass is 10.6. The second-order valence-corrected chi connectivity index (χ2v) is 15.7. The van der Waals surface area contributed by atoms with E-state index >= 15 is 0 Å². The Morgan fingerprint density at radius 1 is 0.750 bits per heavy atom. The number of rotatable bonds is 5. The minimum atomic E-state index is -1.04. The first kappa shape index (κ1) is 14.5. The van der Waals surface area contributed by atoms with Gasteiger partial charge < -0.3 is 4.23 Å². The lowest BCUT2D eigenvalue weighted by Crippen LogP contribution is -2.68. The fourth-order valence-corrected chi connectivity index (χ4v) is 18.6. The molecule has 0 aromatic carbocycles. The smallest absolute Gasteiger partial charge is 0.121 e. The molecular formula is C13H31NSi2. The summed E-state index contributed by atoms with van der Waals surface area (Å²) < 4.78 is 3.14. The molecule has 0 bridgehead atoms. The van der Waals surface area contributed by atoms with Crippen LogP contribution >= 0.6 is 0 Å². The van der Waals surface area contributed by atoms with E-state index in [0.717, 1.165) is 0 Å². The Kier molecular flexibility index (Phi) is 5.26. The zero-order valence-electron chi connectivity index (χ0n) is 12.1.